The van der Waals surface area contributed by atoms with Crippen LogP contribution in [0.3, 0.4) is 0 Å². The normalized spacial score (nSPS) is 35.3. The highest BCUT2D eigenvalue weighted by molar-refractivity contribution is 5.81. The zero-order chi connectivity index (χ0) is 17.4. The Morgan fingerprint density at radius 2 is 1.74 bits per heavy atom. The van der Waals surface area contributed by atoms with Gasteiger partial charge in [0.2, 0.25) is 5.91 Å². The Morgan fingerprint density at radius 3 is 2.13 bits per heavy atom. The molecule has 7 heteroatoms. The third-order valence-electron chi connectivity index (χ3n) is 4.67. The van der Waals surface area contributed by atoms with Gasteiger partial charge in [0.15, 0.2) is 0 Å². The fraction of sp³-hybridized carbons (Fsp3) is 0.938. The number of aliphatic hydroxyl groups excluding tert-OH is 3. The van der Waals surface area contributed by atoms with Gasteiger partial charge < -0.3 is 26.4 Å². The molecule has 0 aliphatic carbocycles. The van der Waals surface area contributed by atoms with Crippen LogP contribution in [0.2, 0.25) is 0 Å². The van der Waals surface area contributed by atoms with E-state index in [9.17, 15) is 20.1 Å². The summed E-state index contributed by atoms with van der Waals surface area (Å²) >= 11 is 0. The Kier molecular flexibility index (Phi) is 9.01. The highest BCUT2D eigenvalue weighted by atomic mass is 16.4. The van der Waals surface area contributed by atoms with Gasteiger partial charge in [-0.1, -0.05) is 19.8 Å². The summed E-state index contributed by atoms with van der Waals surface area (Å²) in [6.45, 7) is 6.78. The van der Waals surface area contributed by atoms with Crippen LogP contribution in [0.25, 0.3) is 0 Å². The van der Waals surface area contributed by atoms with E-state index < -0.39 is 36.3 Å². The number of likely N-dealkylation sites (tertiary alicyclic amines) is 1. The summed E-state index contributed by atoms with van der Waals surface area (Å²) in [6, 6.07) is -1.34. The Bertz CT molecular complexity index is 341. The molecule has 2 heterocycles. The number of primary amides is 1. The van der Waals surface area contributed by atoms with Crippen molar-refractivity contribution in [2.75, 3.05) is 19.6 Å². The first-order chi connectivity index (χ1) is 10.9. The van der Waals surface area contributed by atoms with Crippen LogP contribution < -0.4 is 11.1 Å². The van der Waals surface area contributed by atoms with Crippen LogP contribution in [0.5, 0.6) is 0 Å². The SMILES string of the molecule is C1CCNCC1.CCCCN1C(C)C(O)C(O)C(O)C1C(N)=O. The number of carbonyl (C=O) groups excluding carboxylic acids is 1. The molecule has 5 unspecified atom stereocenters. The molecule has 0 saturated carbocycles. The first-order valence-corrected chi connectivity index (χ1v) is 8.71. The minimum Gasteiger partial charge on any atom is -0.389 e. The van der Waals surface area contributed by atoms with Gasteiger partial charge in [-0.05, 0) is 45.8 Å². The first-order valence-electron chi connectivity index (χ1n) is 8.71. The molecule has 23 heavy (non-hydrogen) atoms. The number of amides is 1. The fourth-order valence-electron chi connectivity index (χ4n) is 3.14. The van der Waals surface area contributed by atoms with E-state index in [1.54, 1.807) is 11.8 Å². The van der Waals surface area contributed by atoms with Crippen molar-refractivity contribution in [1.82, 2.24) is 10.2 Å². The maximum Gasteiger partial charge on any atom is 0.237 e. The minimum atomic E-state index is -1.34. The van der Waals surface area contributed by atoms with Crippen molar-refractivity contribution < 1.29 is 20.1 Å². The quantitative estimate of drug-likeness (QED) is 0.460. The van der Waals surface area contributed by atoms with Crippen molar-refractivity contribution in [3.05, 3.63) is 0 Å². The van der Waals surface area contributed by atoms with E-state index in [1.807, 2.05) is 6.92 Å². The molecule has 2 rings (SSSR count). The third-order valence-corrected chi connectivity index (χ3v) is 4.67. The number of aliphatic hydroxyl groups is 3. The van der Waals surface area contributed by atoms with Gasteiger partial charge in [-0.2, -0.15) is 0 Å². The van der Waals surface area contributed by atoms with Crippen LogP contribution in [0.4, 0.5) is 0 Å². The summed E-state index contributed by atoms with van der Waals surface area (Å²) in [6.07, 6.45) is 2.24. The van der Waals surface area contributed by atoms with Gasteiger partial charge in [0.05, 0.1) is 6.10 Å². The highest BCUT2D eigenvalue weighted by Gasteiger charge is 2.47. The van der Waals surface area contributed by atoms with E-state index >= 15 is 0 Å². The van der Waals surface area contributed by atoms with Crippen LogP contribution >= 0.6 is 0 Å². The van der Waals surface area contributed by atoms with Crippen LogP contribution in [-0.4, -0.2) is 76.2 Å². The molecule has 2 aliphatic heterocycles. The molecule has 5 atom stereocenters. The lowest BCUT2D eigenvalue weighted by molar-refractivity contribution is -0.169. The van der Waals surface area contributed by atoms with Gasteiger partial charge in [0, 0.05) is 6.04 Å². The number of rotatable bonds is 4. The number of piperidine rings is 2. The average Bonchev–Trinajstić information content (AvgIpc) is 2.56. The van der Waals surface area contributed by atoms with Crippen molar-refractivity contribution >= 4 is 5.91 Å². The number of carbonyl (C=O) groups is 1. The summed E-state index contributed by atoms with van der Waals surface area (Å²) in [4.78, 5) is 13.0. The maximum absolute atomic E-state index is 11.4. The van der Waals surface area contributed by atoms with Crippen molar-refractivity contribution in [2.24, 2.45) is 5.73 Å². The van der Waals surface area contributed by atoms with E-state index in [0.29, 0.717) is 6.54 Å². The average molecular weight is 331 g/mol. The number of nitrogens with two attached hydrogens (primary N) is 1. The van der Waals surface area contributed by atoms with Crippen LogP contribution in [0.15, 0.2) is 0 Å². The summed E-state index contributed by atoms with van der Waals surface area (Å²) in [7, 11) is 0. The molecule has 0 aromatic carbocycles. The first kappa shape index (κ1) is 20.3. The molecule has 2 saturated heterocycles. The Labute approximate surface area is 138 Å². The van der Waals surface area contributed by atoms with Crippen LogP contribution in [-0.2, 0) is 4.79 Å². The molecule has 6 N–H and O–H groups in total. The van der Waals surface area contributed by atoms with Crippen LogP contribution in [0, 0.1) is 0 Å². The number of hydrogen-bond acceptors (Lipinski definition) is 6. The van der Waals surface area contributed by atoms with E-state index in [0.717, 1.165) is 12.8 Å². The third kappa shape index (κ3) is 5.69. The Balaban J connectivity index is 0.000000366. The summed E-state index contributed by atoms with van der Waals surface area (Å²) < 4.78 is 0. The standard InChI is InChI=1S/C11H22N2O4.C5H11N/c1-3-4-5-13-6(2)8(14)10(16)9(15)7(13)11(12)17;1-2-4-6-5-3-1/h6-10,14-16H,3-5H2,1-2H3,(H2,12,17);6H,1-5H2. The molecule has 0 bridgehead atoms. The Morgan fingerprint density at radius 1 is 1.13 bits per heavy atom. The van der Waals surface area contributed by atoms with Gasteiger partial charge in [-0.3, -0.25) is 9.69 Å². The Hall–Kier alpha value is -0.730. The molecule has 7 nitrogen and oxygen atoms in total. The number of unbranched alkanes of at least 4 members (excludes halogenated alkanes) is 1. The topological polar surface area (TPSA) is 119 Å². The van der Waals surface area contributed by atoms with Crippen molar-refractivity contribution in [2.45, 2.75) is 76.3 Å². The molecule has 0 aromatic heterocycles. The minimum absolute atomic E-state index is 0.405. The van der Waals surface area contributed by atoms with E-state index in [-0.39, 0.29) is 0 Å². The van der Waals surface area contributed by atoms with Gasteiger partial charge in [-0.15, -0.1) is 0 Å². The molecule has 0 spiro atoms. The molecule has 0 radical (unpaired) electrons. The second-order valence-electron chi connectivity index (χ2n) is 6.46. The maximum atomic E-state index is 11.4. The molecule has 2 aliphatic rings. The summed E-state index contributed by atoms with van der Waals surface area (Å²) in [5.41, 5.74) is 5.26. The van der Waals surface area contributed by atoms with Crippen molar-refractivity contribution in [1.29, 1.82) is 0 Å². The molecule has 2 fully saturated rings. The van der Waals surface area contributed by atoms with E-state index in [4.69, 9.17) is 5.73 Å². The zero-order valence-corrected chi connectivity index (χ0v) is 14.3. The second kappa shape index (κ2) is 10.2. The molecular weight excluding hydrogens is 298 g/mol. The van der Waals surface area contributed by atoms with E-state index in [1.165, 1.54) is 32.4 Å². The van der Waals surface area contributed by atoms with Gasteiger partial charge in [0.25, 0.3) is 0 Å². The van der Waals surface area contributed by atoms with Gasteiger partial charge >= 0.3 is 0 Å². The smallest absolute Gasteiger partial charge is 0.237 e. The lowest BCUT2D eigenvalue weighted by Gasteiger charge is -2.46. The predicted octanol–water partition coefficient (Wildman–Crippen LogP) is -0.813. The lowest BCUT2D eigenvalue weighted by atomic mass is 9.88. The van der Waals surface area contributed by atoms with Gasteiger partial charge in [-0.25, -0.2) is 0 Å². The fourth-order valence-corrected chi connectivity index (χ4v) is 3.14. The summed E-state index contributed by atoms with van der Waals surface area (Å²) in [5, 5.41) is 32.5. The second-order valence-corrected chi connectivity index (χ2v) is 6.46. The number of hydrogen-bond donors (Lipinski definition) is 5. The molecule has 0 aromatic rings. The van der Waals surface area contributed by atoms with Gasteiger partial charge in [0.1, 0.15) is 18.2 Å². The van der Waals surface area contributed by atoms with Crippen molar-refractivity contribution in [3.63, 3.8) is 0 Å². The van der Waals surface area contributed by atoms with E-state index in [2.05, 4.69) is 5.32 Å². The molecular formula is C16H33N3O4. The monoisotopic (exact) mass is 331 g/mol. The number of nitrogens with zero attached hydrogens (tertiary/aromatic N) is 1. The zero-order valence-electron chi connectivity index (χ0n) is 14.3. The lowest BCUT2D eigenvalue weighted by Crippen LogP contribution is -2.68. The largest absolute Gasteiger partial charge is 0.389 e. The highest BCUT2D eigenvalue weighted by Crippen LogP contribution is 2.24. The number of nitrogens with one attached hydrogen (secondary N) is 1. The molecule has 1 amide bonds. The van der Waals surface area contributed by atoms with Crippen LogP contribution in [0.1, 0.15) is 46.0 Å². The molecule has 136 valence electrons. The van der Waals surface area contributed by atoms with Crippen molar-refractivity contribution in [3.8, 4) is 0 Å². The summed E-state index contributed by atoms with van der Waals surface area (Å²) in [5.74, 6) is -0.675. The predicted molar refractivity (Wildman–Crippen MR) is 88.8 cm³/mol.